The molecule has 0 radical (unpaired) electrons. The van der Waals surface area contributed by atoms with Gasteiger partial charge < -0.3 is 13.7 Å². The molecule has 0 fully saturated rings. The Hall–Kier alpha value is -2.98. The van der Waals surface area contributed by atoms with Gasteiger partial charge in [0.1, 0.15) is 23.9 Å². The van der Waals surface area contributed by atoms with E-state index in [1.807, 2.05) is 68.5 Å². The van der Waals surface area contributed by atoms with Crippen LogP contribution in [0.1, 0.15) is 22.7 Å². The van der Waals surface area contributed by atoms with Crippen LogP contribution in [0, 0.1) is 13.8 Å². The van der Waals surface area contributed by atoms with Crippen LogP contribution in [0.5, 0.6) is 5.75 Å². The number of para-hydroxylation sites is 2. The number of furan rings is 1. The number of rotatable bonds is 6. The van der Waals surface area contributed by atoms with Gasteiger partial charge in [-0.3, -0.25) is 0 Å². The number of halogens is 1. The highest BCUT2D eigenvalue weighted by Gasteiger charge is 2.09. The number of aromatic nitrogens is 2. The maximum absolute atomic E-state index is 6.24. The van der Waals surface area contributed by atoms with E-state index in [0.717, 1.165) is 44.5 Å². The molecule has 0 unspecified atom stereocenters. The molecular weight excluding hydrogens is 372 g/mol. The van der Waals surface area contributed by atoms with Crippen molar-refractivity contribution in [3.05, 3.63) is 82.5 Å². The van der Waals surface area contributed by atoms with Crippen LogP contribution in [-0.4, -0.2) is 16.2 Å². The van der Waals surface area contributed by atoms with E-state index < -0.39 is 0 Å². The quantitative estimate of drug-likeness (QED) is 0.395. The van der Waals surface area contributed by atoms with Crippen molar-refractivity contribution in [1.82, 2.24) is 9.55 Å². The predicted octanol–water partition coefficient (Wildman–Crippen LogP) is 6.15. The van der Waals surface area contributed by atoms with Crippen LogP contribution in [0.15, 0.2) is 59.2 Å². The third-order valence-corrected chi connectivity index (χ3v) is 5.21. The van der Waals surface area contributed by atoms with Crippen molar-refractivity contribution in [1.29, 1.82) is 0 Å². The van der Waals surface area contributed by atoms with Gasteiger partial charge in [-0.15, -0.1) is 0 Å². The Morgan fingerprint density at radius 3 is 2.61 bits per heavy atom. The van der Waals surface area contributed by atoms with E-state index in [4.69, 9.17) is 25.7 Å². The zero-order valence-corrected chi connectivity index (χ0v) is 16.6. The standard InChI is InChI=1S/C23H21ClN2O2/c1-16-14-19(15-17(2)23(16)24)28-13-11-26-21-8-4-3-7-20(21)25-22(26)10-9-18-6-5-12-27-18/h3-10,12,14-15H,11,13H2,1-2H3/b10-9+. The van der Waals surface area contributed by atoms with Gasteiger partial charge in [-0.05, 0) is 73.5 Å². The van der Waals surface area contributed by atoms with E-state index in [0.29, 0.717) is 13.2 Å². The van der Waals surface area contributed by atoms with Crippen molar-refractivity contribution in [2.75, 3.05) is 6.61 Å². The van der Waals surface area contributed by atoms with Crippen molar-refractivity contribution < 1.29 is 9.15 Å². The average Bonchev–Trinajstić information content (AvgIpc) is 3.32. The van der Waals surface area contributed by atoms with E-state index in [2.05, 4.69) is 10.6 Å². The first-order chi connectivity index (χ1) is 13.6. The second-order valence-electron chi connectivity index (χ2n) is 6.68. The van der Waals surface area contributed by atoms with Crippen LogP contribution in [-0.2, 0) is 6.54 Å². The Bertz CT molecular complexity index is 1100. The summed E-state index contributed by atoms with van der Waals surface area (Å²) in [6, 6.07) is 15.8. The van der Waals surface area contributed by atoms with E-state index in [-0.39, 0.29) is 0 Å². The lowest BCUT2D eigenvalue weighted by Gasteiger charge is -2.12. The molecule has 4 nitrogen and oxygen atoms in total. The minimum absolute atomic E-state index is 0.530. The number of fused-ring (bicyclic) bond motifs is 1. The largest absolute Gasteiger partial charge is 0.492 e. The Labute approximate surface area is 169 Å². The Morgan fingerprint density at radius 2 is 1.86 bits per heavy atom. The maximum atomic E-state index is 6.24. The molecule has 0 aliphatic carbocycles. The molecule has 0 amide bonds. The normalized spacial score (nSPS) is 11.5. The number of benzene rings is 2. The molecule has 0 aliphatic heterocycles. The number of hydrogen-bond acceptors (Lipinski definition) is 3. The summed E-state index contributed by atoms with van der Waals surface area (Å²) in [6.45, 7) is 5.19. The Kier molecular flexibility index (Phi) is 5.22. The van der Waals surface area contributed by atoms with Gasteiger partial charge in [-0.2, -0.15) is 0 Å². The molecule has 5 heteroatoms. The second kappa shape index (κ2) is 7.95. The van der Waals surface area contributed by atoms with Crippen LogP contribution in [0.4, 0.5) is 0 Å². The summed E-state index contributed by atoms with van der Waals surface area (Å²) in [7, 11) is 0. The molecule has 0 spiro atoms. The fourth-order valence-corrected chi connectivity index (χ4v) is 3.35. The number of ether oxygens (including phenoxy) is 1. The fraction of sp³-hybridized carbons (Fsp3) is 0.174. The lowest BCUT2D eigenvalue weighted by atomic mass is 10.1. The highest BCUT2D eigenvalue weighted by molar-refractivity contribution is 6.32. The number of nitrogens with zero attached hydrogens (tertiary/aromatic N) is 2. The van der Waals surface area contributed by atoms with Crippen molar-refractivity contribution in [2.45, 2.75) is 20.4 Å². The highest BCUT2D eigenvalue weighted by atomic mass is 35.5. The van der Waals surface area contributed by atoms with E-state index >= 15 is 0 Å². The highest BCUT2D eigenvalue weighted by Crippen LogP contribution is 2.26. The summed E-state index contributed by atoms with van der Waals surface area (Å²) in [5.74, 6) is 2.49. The molecule has 0 saturated heterocycles. The first-order valence-electron chi connectivity index (χ1n) is 9.18. The van der Waals surface area contributed by atoms with Crippen molar-refractivity contribution in [3.63, 3.8) is 0 Å². The Morgan fingerprint density at radius 1 is 1.07 bits per heavy atom. The van der Waals surface area contributed by atoms with Gasteiger partial charge >= 0.3 is 0 Å². The molecule has 0 bridgehead atoms. The first-order valence-corrected chi connectivity index (χ1v) is 9.56. The number of imidazole rings is 1. The average molecular weight is 393 g/mol. The van der Waals surface area contributed by atoms with Crippen molar-refractivity contribution in [3.8, 4) is 5.75 Å². The molecule has 0 atom stereocenters. The third kappa shape index (κ3) is 3.82. The third-order valence-electron chi connectivity index (χ3n) is 4.62. The summed E-state index contributed by atoms with van der Waals surface area (Å²) in [5, 5.41) is 0.790. The van der Waals surface area contributed by atoms with Crippen LogP contribution < -0.4 is 4.74 Å². The van der Waals surface area contributed by atoms with Gasteiger partial charge in [0, 0.05) is 5.02 Å². The molecule has 2 aromatic heterocycles. The van der Waals surface area contributed by atoms with Gasteiger partial charge in [0.25, 0.3) is 0 Å². The van der Waals surface area contributed by atoms with Gasteiger partial charge in [0.15, 0.2) is 0 Å². The summed E-state index contributed by atoms with van der Waals surface area (Å²) in [6.07, 6.45) is 5.55. The van der Waals surface area contributed by atoms with E-state index in [1.54, 1.807) is 6.26 Å². The zero-order valence-electron chi connectivity index (χ0n) is 15.9. The number of hydrogen-bond donors (Lipinski definition) is 0. The van der Waals surface area contributed by atoms with Crippen LogP contribution in [0.25, 0.3) is 23.2 Å². The topological polar surface area (TPSA) is 40.2 Å². The molecule has 0 aliphatic rings. The molecule has 4 rings (SSSR count). The molecule has 142 valence electrons. The number of aryl methyl sites for hydroxylation is 2. The summed E-state index contributed by atoms with van der Waals surface area (Å²) in [5.41, 5.74) is 4.08. The van der Waals surface area contributed by atoms with Gasteiger partial charge in [0.05, 0.1) is 23.8 Å². The fourth-order valence-electron chi connectivity index (χ4n) is 3.24. The SMILES string of the molecule is Cc1cc(OCCn2c(/C=C/c3ccco3)nc3ccccc32)cc(C)c1Cl. The predicted molar refractivity (Wildman–Crippen MR) is 114 cm³/mol. The van der Waals surface area contributed by atoms with Crippen LogP contribution in [0.2, 0.25) is 5.02 Å². The monoisotopic (exact) mass is 392 g/mol. The minimum atomic E-state index is 0.530. The van der Waals surface area contributed by atoms with Gasteiger partial charge in [0.2, 0.25) is 0 Å². The smallest absolute Gasteiger partial charge is 0.134 e. The lowest BCUT2D eigenvalue weighted by molar-refractivity contribution is 0.299. The minimum Gasteiger partial charge on any atom is -0.492 e. The molecule has 2 aromatic carbocycles. The molecule has 0 saturated carbocycles. The second-order valence-corrected chi connectivity index (χ2v) is 7.06. The molecule has 28 heavy (non-hydrogen) atoms. The van der Waals surface area contributed by atoms with Gasteiger partial charge in [-0.1, -0.05) is 23.7 Å². The lowest BCUT2D eigenvalue weighted by Crippen LogP contribution is -2.10. The Balaban J connectivity index is 1.56. The van der Waals surface area contributed by atoms with Crippen LogP contribution in [0.3, 0.4) is 0 Å². The summed E-state index contributed by atoms with van der Waals surface area (Å²) >= 11 is 6.24. The molecule has 0 N–H and O–H groups in total. The molecule has 4 aromatic rings. The van der Waals surface area contributed by atoms with E-state index in [1.165, 1.54) is 0 Å². The van der Waals surface area contributed by atoms with Gasteiger partial charge in [-0.25, -0.2) is 4.98 Å². The van der Waals surface area contributed by atoms with E-state index in [9.17, 15) is 0 Å². The van der Waals surface area contributed by atoms with Crippen LogP contribution >= 0.6 is 11.6 Å². The first kappa shape index (κ1) is 18.4. The maximum Gasteiger partial charge on any atom is 0.134 e. The van der Waals surface area contributed by atoms with Crippen molar-refractivity contribution >= 4 is 34.8 Å². The summed E-state index contributed by atoms with van der Waals surface area (Å²) < 4.78 is 13.5. The van der Waals surface area contributed by atoms with Crippen molar-refractivity contribution in [2.24, 2.45) is 0 Å². The summed E-state index contributed by atoms with van der Waals surface area (Å²) in [4.78, 5) is 4.74. The zero-order chi connectivity index (χ0) is 19.5. The molecule has 2 heterocycles. The molecular formula is C23H21ClN2O2.